The van der Waals surface area contributed by atoms with E-state index in [2.05, 4.69) is 35.8 Å². The van der Waals surface area contributed by atoms with E-state index >= 15 is 0 Å². The molecule has 35 heavy (non-hydrogen) atoms. The molecule has 14 nitrogen and oxygen atoms in total. The summed E-state index contributed by atoms with van der Waals surface area (Å²) in [6.07, 6.45) is 1.41. The van der Waals surface area contributed by atoms with Crippen LogP contribution in [-0.4, -0.2) is 57.5 Å². The summed E-state index contributed by atoms with van der Waals surface area (Å²) < 4.78 is 16.4. The normalized spacial score (nSPS) is 10.9. The van der Waals surface area contributed by atoms with Crippen LogP contribution in [0.5, 0.6) is 11.5 Å². The van der Waals surface area contributed by atoms with Gasteiger partial charge in [0.15, 0.2) is 12.3 Å². The number of hydrazone groups is 1. The predicted molar refractivity (Wildman–Crippen MR) is 119 cm³/mol. The maximum absolute atomic E-state index is 12.9. The highest BCUT2D eigenvalue weighted by molar-refractivity contribution is 5.97. The zero-order valence-corrected chi connectivity index (χ0v) is 18.2. The van der Waals surface area contributed by atoms with Gasteiger partial charge in [0.2, 0.25) is 0 Å². The Kier molecular flexibility index (Phi) is 6.62. The van der Waals surface area contributed by atoms with Gasteiger partial charge < -0.3 is 20.3 Å². The lowest BCUT2D eigenvalue weighted by atomic mass is 10.1. The smallest absolute Gasteiger partial charge is 0.377 e. The van der Waals surface area contributed by atoms with Gasteiger partial charge in [-0.15, -0.1) is 9.90 Å². The second-order valence-electron chi connectivity index (χ2n) is 6.90. The fraction of sp³-hybridized carbons (Fsp3) is 0.0952. The number of nitrogens with zero attached hydrogens (tertiary/aromatic N) is 5. The third kappa shape index (κ3) is 5.22. The molecule has 0 spiro atoms. The van der Waals surface area contributed by atoms with E-state index in [1.807, 2.05) is 0 Å². The zero-order chi connectivity index (χ0) is 24.8. The van der Waals surface area contributed by atoms with Crippen molar-refractivity contribution in [3.8, 4) is 28.6 Å². The molecule has 0 fully saturated rings. The number of hydrogen-bond acceptors (Lipinski definition) is 10. The molecular weight excluding hydrogens is 460 g/mol. The number of carboxylic acids is 1. The monoisotopic (exact) mass is 479 g/mol. The first-order valence-corrected chi connectivity index (χ1v) is 9.97. The van der Waals surface area contributed by atoms with Crippen LogP contribution >= 0.6 is 0 Å². The summed E-state index contributed by atoms with van der Waals surface area (Å²) in [5, 5.41) is 26.7. The van der Waals surface area contributed by atoms with Gasteiger partial charge in [-0.3, -0.25) is 4.79 Å². The quantitative estimate of drug-likeness (QED) is 0.150. The molecule has 14 heteroatoms. The van der Waals surface area contributed by atoms with E-state index in [1.54, 1.807) is 48.5 Å². The van der Waals surface area contributed by atoms with E-state index in [0.29, 0.717) is 28.3 Å². The number of hydrogen-bond donors (Lipinski definition) is 4. The van der Waals surface area contributed by atoms with Crippen molar-refractivity contribution in [2.75, 3.05) is 19.5 Å². The molecule has 1 amide bonds. The number of nitrogens with two attached hydrogens (primary N) is 1. The lowest BCUT2D eigenvalue weighted by Gasteiger charge is -2.04. The van der Waals surface area contributed by atoms with E-state index in [1.165, 1.54) is 18.0 Å². The minimum Gasteiger partial charge on any atom is -0.497 e. The molecule has 4 rings (SSSR count). The number of amides is 1. The number of aliphatic carboxylic acids is 1. The Morgan fingerprint density at radius 1 is 1.23 bits per heavy atom. The average Bonchev–Trinajstić information content (AvgIpc) is 3.49. The Bertz CT molecular complexity index is 1380. The number of benzene rings is 2. The molecule has 178 valence electrons. The summed E-state index contributed by atoms with van der Waals surface area (Å²) >= 11 is 0. The maximum atomic E-state index is 12.9. The molecule has 0 atom stereocenters. The summed E-state index contributed by atoms with van der Waals surface area (Å²) in [4.78, 5) is 23.5. The van der Waals surface area contributed by atoms with Crippen molar-refractivity contribution in [2.45, 2.75) is 0 Å². The van der Waals surface area contributed by atoms with Gasteiger partial charge in [-0.05, 0) is 52.2 Å². The molecule has 0 saturated carbocycles. The molecule has 0 aliphatic rings. The van der Waals surface area contributed by atoms with E-state index < -0.39 is 18.5 Å². The second-order valence-corrected chi connectivity index (χ2v) is 6.90. The number of anilines is 1. The molecule has 4 aromatic rings. The van der Waals surface area contributed by atoms with Crippen LogP contribution < -0.4 is 25.3 Å². The van der Waals surface area contributed by atoms with Crippen LogP contribution in [-0.2, 0) is 4.79 Å². The van der Waals surface area contributed by atoms with Gasteiger partial charge in [0.25, 0.3) is 11.5 Å². The highest BCUT2D eigenvalue weighted by atomic mass is 16.6. The highest BCUT2D eigenvalue weighted by Crippen LogP contribution is 2.24. The zero-order valence-electron chi connectivity index (χ0n) is 18.2. The Hall–Kier alpha value is -5.27. The average molecular weight is 479 g/mol. The van der Waals surface area contributed by atoms with Crippen LogP contribution in [0.1, 0.15) is 16.1 Å². The lowest BCUT2D eigenvalue weighted by molar-refractivity contribution is -0.652. The van der Waals surface area contributed by atoms with Crippen LogP contribution in [0.4, 0.5) is 5.82 Å². The molecule has 0 aliphatic carbocycles. The number of ether oxygens (including phenoxy) is 2. The van der Waals surface area contributed by atoms with Crippen LogP contribution in [0.25, 0.3) is 17.1 Å². The third-order valence-electron chi connectivity index (χ3n) is 4.60. The number of carbonyl (C=O) groups excluding carboxylic acids is 1. The number of nitrogen functional groups attached to an aromatic ring is 1. The van der Waals surface area contributed by atoms with Crippen molar-refractivity contribution in [1.82, 2.24) is 26.1 Å². The number of carbonyl (C=O) groups is 2. The molecule has 2 aromatic carbocycles. The Morgan fingerprint density at radius 2 is 2.03 bits per heavy atom. The van der Waals surface area contributed by atoms with E-state index in [9.17, 15) is 9.59 Å². The third-order valence-corrected chi connectivity index (χ3v) is 4.60. The summed E-state index contributed by atoms with van der Waals surface area (Å²) in [6, 6.07) is 13.4. The number of methoxy groups -OCH3 is 1. The fourth-order valence-electron chi connectivity index (χ4n) is 3.02. The van der Waals surface area contributed by atoms with Crippen LogP contribution in [0, 0.1) is 0 Å². The van der Waals surface area contributed by atoms with Gasteiger partial charge in [0, 0.05) is 5.56 Å². The molecule has 5 N–H and O–H groups in total. The largest absolute Gasteiger partial charge is 0.497 e. The van der Waals surface area contributed by atoms with E-state index in [-0.39, 0.29) is 17.3 Å². The van der Waals surface area contributed by atoms with Gasteiger partial charge in [-0.25, -0.2) is 10.2 Å². The Labute approximate surface area is 196 Å². The summed E-state index contributed by atoms with van der Waals surface area (Å²) in [5.74, 6) is -0.646. The number of aromatic nitrogens is 5. The molecule has 0 radical (unpaired) electrons. The highest BCUT2D eigenvalue weighted by Gasteiger charge is 2.31. The van der Waals surface area contributed by atoms with Gasteiger partial charge >= 0.3 is 17.7 Å². The van der Waals surface area contributed by atoms with Crippen molar-refractivity contribution in [3.63, 3.8) is 0 Å². The molecule has 0 saturated heterocycles. The number of H-pyrrole nitrogens is 1. The number of aromatic amines is 1. The fourth-order valence-corrected chi connectivity index (χ4v) is 3.02. The molecular formula is C21H19N8O6+. The molecule has 0 aliphatic heterocycles. The van der Waals surface area contributed by atoms with Crippen molar-refractivity contribution in [3.05, 3.63) is 59.8 Å². The van der Waals surface area contributed by atoms with Gasteiger partial charge in [-0.1, -0.05) is 12.1 Å². The molecule has 0 unspecified atom stereocenters. The summed E-state index contributed by atoms with van der Waals surface area (Å²) in [5.41, 5.74) is 9.77. The van der Waals surface area contributed by atoms with Gasteiger partial charge in [-0.2, -0.15) is 9.73 Å². The van der Waals surface area contributed by atoms with Gasteiger partial charge in [0.05, 0.1) is 13.3 Å². The van der Waals surface area contributed by atoms with Crippen molar-refractivity contribution >= 4 is 23.9 Å². The first kappa shape index (κ1) is 22.9. The number of nitrogens with one attached hydrogen (secondary N) is 2. The molecule has 2 aromatic heterocycles. The Balaban J connectivity index is 1.57. The number of carboxylic acid groups (broad SMARTS) is 1. The first-order valence-electron chi connectivity index (χ1n) is 9.97. The van der Waals surface area contributed by atoms with Crippen LogP contribution in [0.3, 0.4) is 0 Å². The minimum atomic E-state index is -1.08. The maximum Gasteiger partial charge on any atom is 0.377 e. The lowest BCUT2D eigenvalue weighted by Crippen LogP contribution is -2.37. The van der Waals surface area contributed by atoms with Crippen LogP contribution in [0.2, 0.25) is 0 Å². The predicted octanol–water partition coefficient (Wildman–Crippen LogP) is 0.555. The standard InChI is InChI=1S/C21H18N8O6/c1-33-15-4-2-3-13(9-15)18-17(24-28-29(18)20-19(22)26-35-27-20)21(32)25-23-10-12-5-7-14(8-6-12)34-11-16(30)31/h2-10H,11H2,1H3,(H4,22,25,26,30,31,32)/p+1. The SMILES string of the molecule is COc1cccc(-c2c(C(=O)NN=Cc3ccc(OCC(=O)O)cc3)n[nH][n+]2-c2nonc2N)c1. The van der Waals surface area contributed by atoms with E-state index in [4.69, 9.17) is 20.3 Å². The van der Waals surface area contributed by atoms with Crippen molar-refractivity contribution in [2.24, 2.45) is 5.10 Å². The number of rotatable bonds is 9. The first-order chi connectivity index (χ1) is 17.0. The van der Waals surface area contributed by atoms with Gasteiger partial charge in [0.1, 0.15) is 16.7 Å². The van der Waals surface area contributed by atoms with Crippen LogP contribution in [0.15, 0.2) is 58.3 Å². The molecule has 2 heterocycles. The summed E-state index contributed by atoms with van der Waals surface area (Å²) in [7, 11) is 1.52. The topological polar surface area (TPSA) is 195 Å². The van der Waals surface area contributed by atoms with Crippen molar-refractivity contribution < 1.29 is 33.5 Å². The molecule has 0 bridgehead atoms. The minimum absolute atomic E-state index is 0.00442. The second kappa shape index (κ2) is 10.1. The van der Waals surface area contributed by atoms with Crippen molar-refractivity contribution in [1.29, 1.82) is 0 Å². The van der Waals surface area contributed by atoms with E-state index in [0.717, 1.165) is 0 Å². The Morgan fingerprint density at radius 3 is 2.71 bits per heavy atom. The summed E-state index contributed by atoms with van der Waals surface area (Å²) in [6.45, 7) is -0.446.